The molecule has 0 bridgehead atoms. The minimum atomic E-state index is -0.462. The molecular formula is C15H20FNO2. The van der Waals surface area contributed by atoms with Crippen LogP contribution in [0.5, 0.6) is 0 Å². The maximum Gasteiger partial charge on any atom is 0.256 e. The fourth-order valence-electron chi connectivity index (χ4n) is 1.84. The Kier molecular flexibility index (Phi) is 4.53. The van der Waals surface area contributed by atoms with E-state index in [1.807, 2.05) is 0 Å². The lowest BCUT2D eigenvalue weighted by atomic mass is 10.1. The molecule has 19 heavy (non-hydrogen) atoms. The molecule has 1 aliphatic rings. The van der Waals surface area contributed by atoms with Gasteiger partial charge in [-0.3, -0.25) is 4.79 Å². The summed E-state index contributed by atoms with van der Waals surface area (Å²) in [5.41, 5.74) is 0.930. The van der Waals surface area contributed by atoms with Gasteiger partial charge >= 0.3 is 0 Å². The SMILES string of the molecule is Cc1ccc(C(=O)N(C)CCOCC2CC2)c(F)c1. The van der Waals surface area contributed by atoms with Crippen molar-refractivity contribution in [2.45, 2.75) is 19.8 Å². The Morgan fingerprint density at radius 2 is 2.21 bits per heavy atom. The minimum Gasteiger partial charge on any atom is -0.379 e. The highest BCUT2D eigenvalue weighted by Crippen LogP contribution is 2.28. The highest BCUT2D eigenvalue weighted by Gasteiger charge is 2.21. The zero-order valence-corrected chi connectivity index (χ0v) is 11.5. The van der Waals surface area contributed by atoms with E-state index in [1.165, 1.54) is 29.9 Å². The van der Waals surface area contributed by atoms with Crippen molar-refractivity contribution in [3.8, 4) is 0 Å². The standard InChI is InChI=1S/C15H20FNO2/c1-11-3-6-13(14(16)9-11)15(18)17(2)7-8-19-10-12-4-5-12/h3,6,9,12H,4-5,7-8,10H2,1-2H3. The number of aryl methyl sites for hydroxylation is 1. The molecule has 0 radical (unpaired) electrons. The number of likely N-dealkylation sites (N-methyl/N-ethyl adjacent to an activating group) is 1. The average Bonchev–Trinajstić information content (AvgIpc) is 3.17. The van der Waals surface area contributed by atoms with Crippen molar-refractivity contribution in [3.05, 3.63) is 35.1 Å². The Morgan fingerprint density at radius 1 is 1.47 bits per heavy atom. The van der Waals surface area contributed by atoms with Crippen LogP contribution in [0.4, 0.5) is 4.39 Å². The van der Waals surface area contributed by atoms with Crippen LogP contribution in [0.25, 0.3) is 0 Å². The molecule has 0 N–H and O–H groups in total. The van der Waals surface area contributed by atoms with E-state index in [9.17, 15) is 9.18 Å². The summed E-state index contributed by atoms with van der Waals surface area (Å²) in [5, 5.41) is 0. The van der Waals surface area contributed by atoms with Crippen molar-refractivity contribution in [1.29, 1.82) is 0 Å². The largest absolute Gasteiger partial charge is 0.379 e. The molecule has 0 aliphatic heterocycles. The summed E-state index contributed by atoms with van der Waals surface area (Å²) in [6.07, 6.45) is 2.51. The topological polar surface area (TPSA) is 29.5 Å². The lowest BCUT2D eigenvalue weighted by Gasteiger charge is -2.17. The van der Waals surface area contributed by atoms with Crippen LogP contribution >= 0.6 is 0 Å². The van der Waals surface area contributed by atoms with Gasteiger partial charge in [-0.1, -0.05) is 6.07 Å². The molecule has 1 fully saturated rings. The van der Waals surface area contributed by atoms with Gasteiger partial charge in [0.25, 0.3) is 5.91 Å². The van der Waals surface area contributed by atoms with Crippen molar-refractivity contribution in [3.63, 3.8) is 0 Å². The van der Waals surface area contributed by atoms with Crippen LogP contribution in [0, 0.1) is 18.7 Å². The van der Waals surface area contributed by atoms with Crippen LogP contribution in [0.2, 0.25) is 0 Å². The fourth-order valence-corrected chi connectivity index (χ4v) is 1.84. The van der Waals surface area contributed by atoms with E-state index < -0.39 is 5.82 Å². The molecule has 0 aromatic heterocycles. The first-order chi connectivity index (χ1) is 9.08. The third kappa shape index (κ3) is 4.03. The van der Waals surface area contributed by atoms with Crippen LogP contribution < -0.4 is 0 Å². The molecule has 0 unspecified atom stereocenters. The Balaban J connectivity index is 1.83. The molecule has 1 saturated carbocycles. The number of halogens is 1. The van der Waals surface area contributed by atoms with Crippen molar-refractivity contribution in [2.75, 3.05) is 26.8 Å². The highest BCUT2D eigenvalue weighted by atomic mass is 19.1. The van der Waals surface area contributed by atoms with E-state index in [0.717, 1.165) is 18.1 Å². The molecule has 3 nitrogen and oxygen atoms in total. The molecule has 1 aromatic carbocycles. The number of hydrogen-bond acceptors (Lipinski definition) is 2. The quantitative estimate of drug-likeness (QED) is 0.740. The monoisotopic (exact) mass is 265 g/mol. The number of ether oxygens (including phenoxy) is 1. The van der Waals surface area contributed by atoms with Crippen molar-refractivity contribution < 1.29 is 13.9 Å². The maximum atomic E-state index is 13.7. The molecule has 1 amide bonds. The van der Waals surface area contributed by atoms with Gasteiger partial charge in [-0.15, -0.1) is 0 Å². The highest BCUT2D eigenvalue weighted by molar-refractivity contribution is 5.94. The Bertz CT molecular complexity index is 457. The first-order valence-electron chi connectivity index (χ1n) is 6.67. The number of amides is 1. The van der Waals surface area contributed by atoms with Gasteiger partial charge in [0, 0.05) is 20.2 Å². The molecule has 0 spiro atoms. The van der Waals surface area contributed by atoms with Gasteiger partial charge in [-0.25, -0.2) is 4.39 Å². The van der Waals surface area contributed by atoms with Crippen molar-refractivity contribution >= 4 is 5.91 Å². The molecule has 1 aromatic rings. The smallest absolute Gasteiger partial charge is 0.256 e. The molecule has 2 rings (SSSR count). The van der Waals surface area contributed by atoms with E-state index in [2.05, 4.69) is 0 Å². The van der Waals surface area contributed by atoms with Crippen molar-refractivity contribution in [1.82, 2.24) is 4.90 Å². The first-order valence-corrected chi connectivity index (χ1v) is 6.67. The molecule has 0 atom stereocenters. The summed E-state index contributed by atoms with van der Waals surface area (Å²) in [4.78, 5) is 13.5. The van der Waals surface area contributed by atoms with Crippen LogP contribution in [0.1, 0.15) is 28.8 Å². The van der Waals surface area contributed by atoms with Crippen LogP contribution in [-0.4, -0.2) is 37.6 Å². The summed E-state index contributed by atoms with van der Waals surface area (Å²) in [5.74, 6) is -0.0428. The number of carbonyl (C=O) groups excluding carboxylic acids is 1. The second kappa shape index (κ2) is 6.15. The van der Waals surface area contributed by atoms with Crippen molar-refractivity contribution in [2.24, 2.45) is 5.92 Å². The number of rotatable bonds is 6. The summed E-state index contributed by atoms with van der Waals surface area (Å²) in [6.45, 7) is 3.57. The summed E-state index contributed by atoms with van der Waals surface area (Å²) < 4.78 is 19.2. The van der Waals surface area contributed by atoms with E-state index in [1.54, 1.807) is 20.0 Å². The predicted octanol–water partition coefficient (Wildman–Crippen LogP) is 2.63. The van der Waals surface area contributed by atoms with E-state index >= 15 is 0 Å². The van der Waals surface area contributed by atoms with Gasteiger partial charge in [-0.05, 0) is 43.4 Å². The third-order valence-electron chi connectivity index (χ3n) is 3.32. The molecule has 104 valence electrons. The zero-order chi connectivity index (χ0) is 13.8. The van der Waals surface area contributed by atoms with E-state index in [4.69, 9.17) is 4.74 Å². The van der Waals surface area contributed by atoms with Gasteiger partial charge in [0.05, 0.1) is 12.2 Å². The second-order valence-corrected chi connectivity index (χ2v) is 5.23. The normalized spacial score (nSPS) is 14.5. The van der Waals surface area contributed by atoms with E-state index in [-0.39, 0.29) is 11.5 Å². The van der Waals surface area contributed by atoms with Gasteiger partial charge in [0.15, 0.2) is 0 Å². The summed E-state index contributed by atoms with van der Waals surface area (Å²) >= 11 is 0. The van der Waals surface area contributed by atoms with Crippen LogP contribution in [0.3, 0.4) is 0 Å². The molecule has 0 heterocycles. The molecule has 1 aliphatic carbocycles. The van der Waals surface area contributed by atoms with Gasteiger partial charge in [0.1, 0.15) is 5.82 Å². The lowest BCUT2D eigenvalue weighted by molar-refractivity contribution is 0.0677. The van der Waals surface area contributed by atoms with Gasteiger partial charge < -0.3 is 9.64 Å². The Hall–Kier alpha value is -1.42. The van der Waals surface area contributed by atoms with Gasteiger partial charge in [-0.2, -0.15) is 0 Å². The summed E-state index contributed by atoms with van der Waals surface area (Å²) in [6, 6.07) is 4.66. The Labute approximate surface area is 113 Å². The fraction of sp³-hybridized carbons (Fsp3) is 0.533. The first kappa shape index (κ1) is 14.0. The lowest BCUT2D eigenvalue weighted by Crippen LogP contribution is -2.31. The number of benzene rings is 1. The third-order valence-corrected chi connectivity index (χ3v) is 3.32. The number of carbonyl (C=O) groups is 1. The van der Waals surface area contributed by atoms with Crippen LogP contribution in [0.15, 0.2) is 18.2 Å². The Morgan fingerprint density at radius 3 is 2.84 bits per heavy atom. The molecule has 0 saturated heterocycles. The molecular weight excluding hydrogens is 245 g/mol. The minimum absolute atomic E-state index is 0.121. The zero-order valence-electron chi connectivity index (χ0n) is 11.5. The average molecular weight is 265 g/mol. The van der Waals surface area contributed by atoms with Gasteiger partial charge in [0.2, 0.25) is 0 Å². The number of hydrogen-bond donors (Lipinski definition) is 0. The molecule has 4 heteroatoms. The maximum absolute atomic E-state index is 13.7. The second-order valence-electron chi connectivity index (χ2n) is 5.23. The number of nitrogens with zero attached hydrogens (tertiary/aromatic N) is 1. The van der Waals surface area contributed by atoms with Crippen LogP contribution in [-0.2, 0) is 4.74 Å². The van der Waals surface area contributed by atoms with E-state index in [0.29, 0.717) is 13.2 Å². The predicted molar refractivity (Wildman–Crippen MR) is 71.6 cm³/mol. The summed E-state index contributed by atoms with van der Waals surface area (Å²) in [7, 11) is 1.67.